The summed E-state index contributed by atoms with van der Waals surface area (Å²) in [5.74, 6) is 0.0353. The molecule has 0 aliphatic heterocycles. The summed E-state index contributed by atoms with van der Waals surface area (Å²) < 4.78 is 22.3. The predicted molar refractivity (Wildman–Crippen MR) is 92.9 cm³/mol. The summed E-state index contributed by atoms with van der Waals surface area (Å²) in [4.78, 5) is 20.4. The first-order chi connectivity index (χ1) is 11.7. The summed E-state index contributed by atoms with van der Waals surface area (Å²) in [5, 5.41) is 24.7. The molecule has 0 aliphatic rings. The van der Waals surface area contributed by atoms with Crippen molar-refractivity contribution < 1.29 is 18.3 Å². The van der Waals surface area contributed by atoms with Gasteiger partial charge in [-0.1, -0.05) is 12.1 Å². The summed E-state index contributed by atoms with van der Waals surface area (Å²) >= 11 is 0. The number of hydrogen-bond acceptors (Lipinski definition) is 7. The van der Waals surface area contributed by atoms with Crippen LogP contribution in [-0.2, 0) is 16.3 Å². The van der Waals surface area contributed by atoms with E-state index in [0.717, 1.165) is 17.9 Å². The number of nitro benzene ring substituents is 2. The maximum Gasteiger partial charge on any atom is 0.299 e. The Morgan fingerprint density at radius 2 is 1.64 bits per heavy atom. The van der Waals surface area contributed by atoms with E-state index in [4.69, 9.17) is 0 Å². The van der Waals surface area contributed by atoms with Crippen molar-refractivity contribution in [1.29, 1.82) is 0 Å². The predicted octanol–water partition coefficient (Wildman–Crippen LogP) is 2.83. The summed E-state index contributed by atoms with van der Waals surface area (Å²) in [5.41, 5.74) is 0.706. The van der Waals surface area contributed by atoms with Gasteiger partial charge in [-0.15, -0.1) is 0 Å². The van der Waals surface area contributed by atoms with Gasteiger partial charge >= 0.3 is 0 Å². The van der Waals surface area contributed by atoms with E-state index in [2.05, 4.69) is 5.32 Å². The van der Waals surface area contributed by atoms with Crippen molar-refractivity contribution in [1.82, 2.24) is 0 Å². The molecular formula is C15H15N3O6S. The third kappa shape index (κ3) is 5.24. The van der Waals surface area contributed by atoms with E-state index in [1.54, 1.807) is 24.3 Å². The molecule has 0 aromatic heterocycles. The normalized spacial score (nSPS) is 11.1. The SMILES string of the molecule is CS(=O)(=O)CCc1ccc(Nc2ccc([N+](=O)[O-])cc2[N+](=O)[O-])cc1. The van der Waals surface area contributed by atoms with Crippen LogP contribution >= 0.6 is 0 Å². The van der Waals surface area contributed by atoms with Gasteiger partial charge < -0.3 is 5.32 Å². The molecule has 2 aromatic rings. The van der Waals surface area contributed by atoms with Gasteiger partial charge in [0.1, 0.15) is 15.5 Å². The fourth-order valence-corrected chi connectivity index (χ4v) is 2.71. The van der Waals surface area contributed by atoms with Crippen molar-refractivity contribution in [3.63, 3.8) is 0 Å². The van der Waals surface area contributed by atoms with Crippen molar-refractivity contribution in [3.8, 4) is 0 Å². The molecule has 2 rings (SSSR count). The van der Waals surface area contributed by atoms with Gasteiger partial charge in [0.2, 0.25) is 0 Å². The molecule has 0 saturated heterocycles. The number of anilines is 2. The molecule has 0 atom stereocenters. The zero-order valence-electron chi connectivity index (χ0n) is 13.2. The van der Waals surface area contributed by atoms with Gasteiger partial charge in [-0.05, 0) is 30.2 Å². The van der Waals surface area contributed by atoms with E-state index in [9.17, 15) is 28.6 Å². The zero-order chi connectivity index (χ0) is 18.6. The molecule has 0 amide bonds. The first kappa shape index (κ1) is 18.3. The Balaban J connectivity index is 2.19. The second-order valence-corrected chi connectivity index (χ2v) is 7.68. The minimum atomic E-state index is -3.05. The first-order valence-electron chi connectivity index (χ1n) is 7.12. The van der Waals surface area contributed by atoms with E-state index in [1.807, 2.05) is 0 Å². The highest BCUT2D eigenvalue weighted by molar-refractivity contribution is 7.90. The van der Waals surface area contributed by atoms with Crippen molar-refractivity contribution >= 4 is 32.6 Å². The number of non-ortho nitro benzene ring substituents is 1. The monoisotopic (exact) mass is 365 g/mol. The number of nitrogens with one attached hydrogen (secondary N) is 1. The average molecular weight is 365 g/mol. The first-order valence-corrected chi connectivity index (χ1v) is 9.18. The molecule has 0 saturated carbocycles. The van der Waals surface area contributed by atoms with Crippen LogP contribution in [0.4, 0.5) is 22.7 Å². The molecule has 10 heteroatoms. The largest absolute Gasteiger partial charge is 0.350 e. The molecule has 2 aromatic carbocycles. The molecule has 9 nitrogen and oxygen atoms in total. The highest BCUT2D eigenvalue weighted by Gasteiger charge is 2.19. The zero-order valence-corrected chi connectivity index (χ0v) is 14.0. The van der Waals surface area contributed by atoms with Crippen LogP contribution < -0.4 is 5.32 Å². The van der Waals surface area contributed by atoms with Crippen LogP contribution in [0.5, 0.6) is 0 Å². The number of nitro groups is 2. The quantitative estimate of drug-likeness (QED) is 0.589. The van der Waals surface area contributed by atoms with E-state index in [-0.39, 0.29) is 17.1 Å². The average Bonchev–Trinajstić information content (AvgIpc) is 2.53. The van der Waals surface area contributed by atoms with Gasteiger partial charge in [-0.25, -0.2) is 8.42 Å². The number of benzene rings is 2. The molecule has 0 bridgehead atoms. The third-order valence-corrected chi connectivity index (χ3v) is 4.33. The van der Waals surface area contributed by atoms with Crippen molar-refractivity contribution in [2.45, 2.75) is 6.42 Å². The summed E-state index contributed by atoms with van der Waals surface area (Å²) in [7, 11) is -3.05. The van der Waals surface area contributed by atoms with E-state index < -0.39 is 25.4 Å². The van der Waals surface area contributed by atoms with Gasteiger partial charge in [0.15, 0.2) is 0 Å². The molecule has 0 spiro atoms. The molecule has 132 valence electrons. The van der Waals surface area contributed by atoms with Gasteiger partial charge in [0.25, 0.3) is 11.4 Å². The smallest absolute Gasteiger partial charge is 0.299 e. The Kier molecular flexibility index (Phi) is 5.32. The highest BCUT2D eigenvalue weighted by atomic mass is 32.2. The number of hydrogen-bond donors (Lipinski definition) is 1. The topological polar surface area (TPSA) is 132 Å². The van der Waals surface area contributed by atoms with Crippen LogP contribution in [0.2, 0.25) is 0 Å². The lowest BCUT2D eigenvalue weighted by molar-refractivity contribution is -0.393. The summed E-state index contributed by atoms with van der Waals surface area (Å²) in [6.07, 6.45) is 1.54. The second kappa shape index (κ2) is 7.26. The molecular weight excluding hydrogens is 350 g/mol. The van der Waals surface area contributed by atoms with Crippen LogP contribution in [0, 0.1) is 20.2 Å². The van der Waals surface area contributed by atoms with E-state index in [0.29, 0.717) is 12.1 Å². The van der Waals surface area contributed by atoms with Crippen LogP contribution in [0.25, 0.3) is 0 Å². The second-order valence-electron chi connectivity index (χ2n) is 5.42. The summed E-state index contributed by atoms with van der Waals surface area (Å²) in [6.45, 7) is 0. The standard InChI is InChI=1S/C15H15N3O6S/c1-25(23,24)9-8-11-2-4-12(5-3-11)16-14-7-6-13(17(19)20)10-15(14)18(21)22/h2-7,10,16H,8-9H2,1H3. The maximum absolute atomic E-state index is 11.2. The van der Waals surface area contributed by atoms with Crippen LogP contribution in [0.1, 0.15) is 5.56 Å². The number of aryl methyl sites for hydroxylation is 1. The maximum atomic E-state index is 11.2. The number of rotatable bonds is 7. The highest BCUT2D eigenvalue weighted by Crippen LogP contribution is 2.31. The van der Waals surface area contributed by atoms with Crippen molar-refractivity contribution in [2.75, 3.05) is 17.3 Å². The van der Waals surface area contributed by atoms with E-state index in [1.165, 1.54) is 12.1 Å². The van der Waals surface area contributed by atoms with Crippen LogP contribution in [0.15, 0.2) is 42.5 Å². The van der Waals surface area contributed by atoms with Crippen molar-refractivity contribution in [3.05, 3.63) is 68.3 Å². The third-order valence-electron chi connectivity index (χ3n) is 3.38. The van der Waals surface area contributed by atoms with E-state index >= 15 is 0 Å². The van der Waals surface area contributed by atoms with Gasteiger partial charge in [0, 0.05) is 18.0 Å². The Bertz CT molecular complexity index is 909. The Hall–Kier alpha value is -3.01. The van der Waals surface area contributed by atoms with Crippen LogP contribution in [0.3, 0.4) is 0 Å². The fourth-order valence-electron chi connectivity index (χ4n) is 2.10. The fraction of sp³-hybridized carbons (Fsp3) is 0.200. The molecule has 0 fully saturated rings. The van der Waals surface area contributed by atoms with Crippen LogP contribution in [-0.4, -0.2) is 30.3 Å². The van der Waals surface area contributed by atoms with Gasteiger partial charge in [-0.3, -0.25) is 20.2 Å². The number of sulfone groups is 1. The molecule has 25 heavy (non-hydrogen) atoms. The Morgan fingerprint density at radius 3 is 2.16 bits per heavy atom. The lowest BCUT2D eigenvalue weighted by Gasteiger charge is -2.08. The molecule has 0 heterocycles. The van der Waals surface area contributed by atoms with Gasteiger partial charge in [0.05, 0.1) is 21.7 Å². The summed E-state index contributed by atoms with van der Waals surface area (Å²) in [6, 6.07) is 10.1. The molecule has 0 unspecified atom stereocenters. The lowest BCUT2D eigenvalue weighted by atomic mass is 10.1. The Labute approximate surface area is 143 Å². The van der Waals surface area contributed by atoms with Gasteiger partial charge in [-0.2, -0.15) is 0 Å². The number of nitrogens with zero attached hydrogens (tertiary/aromatic N) is 2. The lowest BCUT2D eigenvalue weighted by Crippen LogP contribution is -2.05. The Morgan fingerprint density at radius 1 is 1.00 bits per heavy atom. The molecule has 0 radical (unpaired) electrons. The minimum Gasteiger partial charge on any atom is -0.350 e. The minimum absolute atomic E-state index is 0.0353. The molecule has 0 aliphatic carbocycles. The van der Waals surface area contributed by atoms with Crippen molar-refractivity contribution in [2.24, 2.45) is 0 Å². The molecule has 1 N–H and O–H groups in total.